The van der Waals surface area contributed by atoms with E-state index >= 15 is 0 Å². The topological polar surface area (TPSA) is 91.3 Å². The molecule has 2 atom stereocenters. The van der Waals surface area contributed by atoms with Gasteiger partial charge in [-0.2, -0.15) is 0 Å². The molecule has 324 valence electrons. The van der Waals surface area contributed by atoms with Crippen molar-refractivity contribution in [1.82, 2.24) is 0 Å². The van der Waals surface area contributed by atoms with Crippen LogP contribution in [0.1, 0.15) is 194 Å². The summed E-state index contributed by atoms with van der Waals surface area (Å²) in [5.41, 5.74) is 0. The molecule has 9 heteroatoms. The summed E-state index contributed by atoms with van der Waals surface area (Å²) in [4.78, 5) is 22.9. The van der Waals surface area contributed by atoms with Crippen molar-refractivity contribution in [3.8, 4) is 0 Å². The van der Waals surface area contributed by atoms with Crippen LogP contribution in [0.5, 0.6) is 0 Å². The van der Waals surface area contributed by atoms with Gasteiger partial charge in [0.05, 0.1) is 34.4 Å². The largest absolute Gasteiger partial charge is 0.472 e. The van der Waals surface area contributed by atoms with Gasteiger partial charge in [-0.1, -0.05) is 179 Å². The lowest BCUT2D eigenvalue weighted by Gasteiger charge is -2.24. The number of hydrogen-bond acceptors (Lipinski definition) is 6. The van der Waals surface area contributed by atoms with E-state index in [4.69, 9.17) is 18.5 Å². The number of phosphoric acid groups is 1. The Labute approximate surface area is 340 Å². The maximum absolute atomic E-state index is 12.7. The summed E-state index contributed by atoms with van der Waals surface area (Å²) in [5, 5.41) is 0. The third-order valence-corrected chi connectivity index (χ3v) is 10.7. The van der Waals surface area contributed by atoms with Crippen molar-refractivity contribution in [2.45, 2.75) is 200 Å². The number of carbonyl (C=O) groups is 1. The molecule has 0 fully saturated rings. The highest BCUT2D eigenvalue weighted by Crippen LogP contribution is 2.43. The van der Waals surface area contributed by atoms with Crippen molar-refractivity contribution in [3.05, 3.63) is 36.5 Å². The Morgan fingerprint density at radius 3 is 1.58 bits per heavy atom. The molecule has 0 aromatic rings. The van der Waals surface area contributed by atoms with E-state index in [0.29, 0.717) is 24.1 Å². The van der Waals surface area contributed by atoms with Crippen LogP contribution < -0.4 is 0 Å². The van der Waals surface area contributed by atoms with E-state index in [-0.39, 0.29) is 25.8 Å². The number of esters is 1. The van der Waals surface area contributed by atoms with Crippen LogP contribution in [0.15, 0.2) is 36.5 Å². The van der Waals surface area contributed by atoms with E-state index in [1.54, 1.807) is 0 Å². The van der Waals surface area contributed by atoms with Gasteiger partial charge < -0.3 is 18.9 Å². The monoisotopic (exact) mass is 799 g/mol. The molecule has 0 aliphatic rings. The lowest BCUT2D eigenvalue weighted by molar-refractivity contribution is -0.870. The number of hydrogen-bond donors (Lipinski definition) is 1. The molecular weight excluding hydrogens is 709 g/mol. The fourth-order valence-electron chi connectivity index (χ4n) is 6.21. The van der Waals surface area contributed by atoms with Crippen LogP contribution >= 0.6 is 7.82 Å². The molecule has 55 heavy (non-hydrogen) atoms. The lowest BCUT2D eigenvalue weighted by Crippen LogP contribution is -2.37. The summed E-state index contributed by atoms with van der Waals surface area (Å²) in [7, 11) is 1.66. The molecule has 0 radical (unpaired) electrons. The van der Waals surface area contributed by atoms with Crippen LogP contribution in [0, 0.1) is 0 Å². The second-order valence-electron chi connectivity index (χ2n) is 16.4. The normalized spacial score (nSPS) is 14.1. The SMILES string of the molecule is CC/C=C\C/C=C\C/C=C\CCCCCCCC(=O)O[C@H](COCCCCCCCCCCCCCCCCCCCC)COP(=O)(O)OCC[N+](C)(C)C. The first-order chi connectivity index (χ1) is 26.6. The van der Waals surface area contributed by atoms with Crippen LogP contribution in [0.25, 0.3) is 0 Å². The second kappa shape index (κ2) is 39.5. The zero-order valence-corrected chi connectivity index (χ0v) is 37.6. The Hall–Kier alpha value is -1.28. The highest BCUT2D eigenvalue weighted by Gasteiger charge is 2.26. The van der Waals surface area contributed by atoms with Gasteiger partial charge in [-0.25, -0.2) is 4.57 Å². The summed E-state index contributed by atoms with van der Waals surface area (Å²) in [6, 6.07) is 0. The molecule has 0 aromatic heterocycles. The molecular formula is C46H89NO7P+. The Kier molecular flexibility index (Phi) is 38.6. The second-order valence-corrected chi connectivity index (χ2v) is 17.9. The molecule has 0 heterocycles. The molecule has 1 N–H and O–H groups in total. The number of quaternary nitrogens is 1. The average Bonchev–Trinajstić information content (AvgIpc) is 3.13. The predicted octanol–water partition coefficient (Wildman–Crippen LogP) is 13.4. The molecule has 0 spiro atoms. The van der Waals surface area contributed by atoms with E-state index in [2.05, 4.69) is 50.3 Å². The van der Waals surface area contributed by atoms with Crippen LogP contribution in [-0.4, -0.2) is 75.6 Å². The number of rotatable bonds is 42. The minimum atomic E-state index is -4.28. The number of unbranched alkanes of at least 4 members (excludes halogenated alkanes) is 22. The highest BCUT2D eigenvalue weighted by molar-refractivity contribution is 7.47. The number of phosphoric ester groups is 1. The summed E-state index contributed by atoms with van der Waals surface area (Å²) < 4.78 is 35.0. The first kappa shape index (κ1) is 53.7. The first-order valence-corrected chi connectivity index (χ1v) is 24.2. The molecule has 0 saturated heterocycles. The van der Waals surface area contributed by atoms with E-state index in [0.717, 1.165) is 70.6 Å². The quantitative estimate of drug-likeness (QED) is 0.0216. The lowest BCUT2D eigenvalue weighted by atomic mass is 10.0. The molecule has 0 aliphatic carbocycles. The van der Waals surface area contributed by atoms with Crippen molar-refractivity contribution < 1.29 is 37.3 Å². The predicted molar refractivity (Wildman–Crippen MR) is 233 cm³/mol. The molecule has 0 aliphatic heterocycles. The third-order valence-electron chi connectivity index (χ3n) is 9.72. The van der Waals surface area contributed by atoms with Gasteiger partial charge in [0.25, 0.3) is 0 Å². The Balaban J connectivity index is 4.21. The zero-order chi connectivity index (χ0) is 40.6. The number of ether oxygens (including phenoxy) is 2. The summed E-state index contributed by atoms with van der Waals surface area (Å²) >= 11 is 0. The highest BCUT2D eigenvalue weighted by atomic mass is 31.2. The van der Waals surface area contributed by atoms with E-state index in [9.17, 15) is 14.3 Å². The zero-order valence-electron chi connectivity index (χ0n) is 36.7. The number of allylic oxidation sites excluding steroid dienone is 6. The van der Waals surface area contributed by atoms with Gasteiger partial charge in [0, 0.05) is 13.0 Å². The van der Waals surface area contributed by atoms with Gasteiger partial charge in [-0.05, 0) is 44.9 Å². The van der Waals surface area contributed by atoms with Gasteiger partial charge >= 0.3 is 13.8 Å². The molecule has 0 rings (SSSR count). The molecule has 1 unspecified atom stereocenters. The maximum atomic E-state index is 12.7. The van der Waals surface area contributed by atoms with Gasteiger partial charge in [0.15, 0.2) is 0 Å². The summed E-state index contributed by atoms with van der Waals surface area (Å²) in [6.45, 7) is 5.51. The van der Waals surface area contributed by atoms with Crippen LogP contribution in [-0.2, 0) is 27.9 Å². The van der Waals surface area contributed by atoms with Crippen molar-refractivity contribution in [2.75, 3.05) is 54.1 Å². The Morgan fingerprint density at radius 2 is 1.05 bits per heavy atom. The Bertz CT molecular complexity index is 978. The van der Waals surface area contributed by atoms with E-state index in [1.165, 1.54) is 103 Å². The molecule has 8 nitrogen and oxygen atoms in total. The number of likely N-dealkylation sites (N-methyl/N-ethyl adjacent to an activating group) is 1. The van der Waals surface area contributed by atoms with Gasteiger partial charge in [0.2, 0.25) is 0 Å². The van der Waals surface area contributed by atoms with Crippen molar-refractivity contribution in [3.63, 3.8) is 0 Å². The van der Waals surface area contributed by atoms with E-state index < -0.39 is 13.9 Å². The van der Waals surface area contributed by atoms with Gasteiger partial charge in [-0.3, -0.25) is 13.8 Å². The van der Waals surface area contributed by atoms with Gasteiger partial charge in [-0.15, -0.1) is 0 Å². The van der Waals surface area contributed by atoms with Crippen molar-refractivity contribution in [2.24, 2.45) is 0 Å². The van der Waals surface area contributed by atoms with Crippen molar-refractivity contribution in [1.29, 1.82) is 0 Å². The first-order valence-electron chi connectivity index (χ1n) is 22.7. The smallest absolute Gasteiger partial charge is 0.457 e. The van der Waals surface area contributed by atoms with Crippen LogP contribution in [0.2, 0.25) is 0 Å². The van der Waals surface area contributed by atoms with Crippen LogP contribution in [0.4, 0.5) is 0 Å². The summed E-state index contributed by atoms with van der Waals surface area (Å²) in [6.07, 6.45) is 46.1. The van der Waals surface area contributed by atoms with Crippen molar-refractivity contribution >= 4 is 13.8 Å². The molecule has 0 bridgehead atoms. The molecule has 0 saturated carbocycles. The van der Waals surface area contributed by atoms with E-state index in [1.807, 2.05) is 21.1 Å². The third kappa shape index (κ3) is 43.7. The minimum absolute atomic E-state index is 0.0857. The fourth-order valence-corrected chi connectivity index (χ4v) is 6.96. The minimum Gasteiger partial charge on any atom is -0.457 e. The molecule has 0 aromatic carbocycles. The Morgan fingerprint density at radius 1 is 0.582 bits per heavy atom. The average molecular weight is 799 g/mol. The molecule has 0 amide bonds. The van der Waals surface area contributed by atoms with Gasteiger partial charge in [0.1, 0.15) is 19.3 Å². The standard InChI is InChI=1S/C46H88NO7P/c1-6-8-10-12-14-16-18-20-22-23-24-26-28-30-32-34-36-38-41-51-43-45(44-53-55(49,50)52-42-40-47(3,4)5)54-46(48)39-37-35-33-31-29-27-25-21-19-17-15-13-11-9-7-2/h9,11,15,17,21,25,45H,6-8,10,12-14,16,18-20,22-24,26-44H2,1-5H3/p+1/b11-9-,17-15-,25-21-/t45-/m1/s1. The number of carbonyl (C=O) groups excluding carboxylic acids is 1. The summed E-state index contributed by atoms with van der Waals surface area (Å²) in [5.74, 6) is -0.328. The van der Waals surface area contributed by atoms with Crippen LogP contribution in [0.3, 0.4) is 0 Å². The fraction of sp³-hybridized carbons (Fsp3) is 0.848. The number of nitrogens with zero attached hydrogens (tertiary/aromatic N) is 1. The maximum Gasteiger partial charge on any atom is 0.472 e.